The van der Waals surface area contributed by atoms with Crippen LogP contribution in [0.3, 0.4) is 0 Å². The zero-order valence-corrected chi connectivity index (χ0v) is 11.8. The molecule has 0 spiro atoms. The smallest absolute Gasteiger partial charge is 0.243 e. The molecule has 3 atom stereocenters. The van der Waals surface area contributed by atoms with Gasteiger partial charge in [0.2, 0.25) is 11.7 Å². The minimum absolute atomic E-state index is 0.0818. The Morgan fingerprint density at radius 1 is 1.33 bits per heavy atom. The molecule has 0 aromatic carbocycles. The maximum absolute atomic E-state index is 6.07. The Balaban J connectivity index is 2.76. The fraction of sp³-hybridized carbons (Fsp3) is 0.846. The normalized spacial score (nSPS) is 16.5. The van der Waals surface area contributed by atoms with E-state index >= 15 is 0 Å². The van der Waals surface area contributed by atoms with Crippen molar-refractivity contribution in [2.24, 2.45) is 11.7 Å². The van der Waals surface area contributed by atoms with E-state index in [1.165, 1.54) is 0 Å². The summed E-state index contributed by atoms with van der Waals surface area (Å²) in [6, 6.07) is -0.194. The molecule has 5 nitrogen and oxygen atoms in total. The lowest BCUT2D eigenvalue weighted by atomic mass is 10.0. The van der Waals surface area contributed by atoms with Crippen molar-refractivity contribution in [3.8, 4) is 0 Å². The van der Waals surface area contributed by atoms with Crippen LogP contribution in [0.4, 0.5) is 0 Å². The van der Waals surface area contributed by atoms with Gasteiger partial charge in [-0.3, -0.25) is 0 Å². The standard InChI is InChI=1S/C13H25N3O2/c1-5-8-10(17-7-3)12-15-13(18-16-12)11(14)9(4)6-2/h9-11H,5-8,14H2,1-4H3/t9-,10?,11-/m0/s1. The third-order valence-electron chi connectivity index (χ3n) is 3.21. The zero-order valence-electron chi connectivity index (χ0n) is 11.8. The highest BCUT2D eigenvalue weighted by atomic mass is 16.5. The molecule has 0 radical (unpaired) electrons. The van der Waals surface area contributed by atoms with Gasteiger partial charge in [0.25, 0.3) is 0 Å². The maximum Gasteiger partial charge on any atom is 0.243 e. The van der Waals surface area contributed by atoms with E-state index in [9.17, 15) is 0 Å². The fourth-order valence-electron chi connectivity index (χ4n) is 1.76. The van der Waals surface area contributed by atoms with E-state index in [2.05, 4.69) is 30.9 Å². The monoisotopic (exact) mass is 255 g/mol. The van der Waals surface area contributed by atoms with Gasteiger partial charge in [-0.2, -0.15) is 4.98 Å². The lowest BCUT2D eigenvalue weighted by Crippen LogP contribution is -2.19. The summed E-state index contributed by atoms with van der Waals surface area (Å²) in [4.78, 5) is 4.39. The second-order valence-corrected chi connectivity index (χ2v) is 4.63. The van der Waals surface area contributed by atoms with Crippen LogP contribution in [0.5, 0.6) is 0 Å². The van der Waals surface area contributed by atoms with E-state index in [4.69, 9.17) is 15.0 Å². The summed E-state index contributed by atoms with van der Waals surface area (Å²) in [6.45, 7) is 8.90. The number of rotatable bonds is 8. The highest BCUT2D eigenvalue weighted by molar-refractivity contribution is 4.96. The van der Waals surface area contributed by atoms with Crippen LogP contribution in [-0.2, 0) is 4.74 Å². The number of ether oxygens (including phenoxy) is 1. The lowest BCUT2D eigenvalue weighted by Gasteiger charge is -2.13. The van der Waals surface area contributed by atoms with Gasteiger partial charge in [0.15, 0.2) is 0 Å². The van der Waals surface area contributed by atoms with E-state index in [1.807, 2.05) is 6.92 Å². The lowest BCUT2D eigenvalue weighted by molar-refractivity contribution is 0.0477. The summed E-state index contributed by atoms with van der Waals surface area (Å²) in [5, 5.41) is 4.00. The predicted molar refractivity (Wildman–Crippen MR) is 70.0 cm³/mol. The van der Waals surface area contributed by atoms with E-state index in [-0.39, 0.29) is 12.1 Å². The van der Waals surface area contributed by atoms with Crippen molar-refractivity contribution in [3.05, 3.63) is 11.7 Å². The van der Waals surface area contributed by atoms with Gasteiger partial charge in [-0.1, -0.05) is 38.8 Å². The molecule has 1 aromatic heterocycles. The number of nitrogens with two attached hydrogens (primary N) is 1. The third-order valence-corrected chi connectivity index (χ3v) is 3.21. The molecule has 0 aliphatic rings. The minimum Gasteiger partial charge on any atom is -0.370 e. The average molecular weight is 255 g/mol. The predicted octanol–water partition coefficient (Wildman–Crippen LogP) is 2.99. The molecule has 0 fully saturated rings. The van der Waals surface area contributed by atoms with Crippen molar-refractivity contribution in [1.82, 2.24) is 10.1 Å². The van der Waals surface area contributed by atoms with Crippen molar-refractivity contribution in [1.29, 1.82) is 0 Å². The van der Waals surface area contributed by atoms with Crippen molar-refractivity contribution in [2.45, 2.75) is 59.1 Å². The Labute approximate surface area is 109 Å². The van der Waals surface area contributed by atoms with Gasteiger partial charge in [0.1, 0.15) is 6.10 Å². The van der Waals surface area contributed by atoms with Gasteiger partial charge in [0, 0.05) is 6.61 Å². The third kappa shape index (κ3) is 3.78. The zero-order chi connectivity index (χ0) is 13.5. The highest BCUT2D eigenvalue weighted by Gasteiger charge is 2.23. The minimum atomic E-state index is -0.194. The first-order chi connectivity index (χ1) is 8.63. The quantitative estimate of drug-likeness (QED) is 0.773. The van der Waals surface area contributed by atoms with E-state index < -0.39 is 0 Å². The van der Waals surface area contributed by atoms with Crippen LogP contribution in [0.25, 0.3) is 0 Å². The van der Waals surface area contributed by atoms with Crippen LogP contribution in [0.2, 0.25) is 0 Å². The average Bonchev–Trinajstić information content (AvgIpc) is 2.86. The Kier molecular flexibility index (Phi) is 6.29. The summed E-state index contributed by atoms with van der Waals surface area (Å²) in [6.07, 6.45) is 2.82. The molecule has 0 saturated heterocycles. The summed E-state index contributed by atoms with van der Waals surface area (Å²) >= 11 is 0. The summed E-state index contributed by atoms with van der Waals surface area (Å²) in [7, 11) is 0. The molecule has 1 heterocycles. The Morgan fingerprint density at radius 3 is 2.61 bits per heavy atom. The molecule has 5 heteroatoms. The van der Waals surface area contributed by atoms with Gasteiger partial charge < -0.3 is 15.0 Å². The van der Waals surface area contributed by atoms with Crippen LogP contribution in [0.1, 0.15) is 70.8 Å². The number of aromatic nitrogens is 2. The highest BCUT2D eigenvalue weighted by Crippen LogP contribution is 2.24. The van der Waals surface area contributed by atoms with Gasteiger partial charge in [-0.05, 0) is 19.3 Å². The molecule has 18 heavy (non-hydrogen) atoms. The molecule has 0 amide bonds. The van der Waals surface area contributed by atoms with E-state index in [0.29, 0.717) is 24.2 Å². The van der Waals surface area contributed by atoms with Crippen LogP contribution in [0, 0.1) is 5.92 Å². The van der Waals surface area contributed by atoms with E-state index in [0.717, 1.165) is 19.3 Å². The van der Waals surface area contributed by atoms with Crippen LogP contribution >= 0.6 is 0 Å². The Hall–Kier alpha value is -0.940. The molecule has 1 aromatic rings. The van der Waals surface area contributed by atoms with Crippen LogP contribution < -0.4 is 5.73 Å². The van der Waals surface area contributed by atoms with Crippen molar-refractivity contribution in [3.63, 3.8) is 0 Å². The van der Waals surface area contributed by atoms with Gasteiger partial charge >= 0.3 is 0 Å². The van der Waals surface area contributed by atoms with Crippen LogP contribution in [-0.4, -0.2) is 16.7 Å². The van der Waals surface area contributed by atoms with Crippen molar-refractivity contribution < 1.29 is 9.26 Å². The molecule has 1 unspecified atom stereocenters. The second kappa shape index (κ2) is 7.48. The summed E-state index contributed by atoms with van der Waals surface area (Å²) < 4.78 is 10.9. The maximum atomic E-state index is 6.07. The van der Waals surface area contributed by atoms with Gasteiger partial charge in [0.05, 0.1) is 6.04 Å². The topological polar surface area (TPSA) is 74.2 Å². The summed E-state index contributed by atoms with van der Waals surface area (Å²) in [5.41, 5.74) is 6.07. The van der Waals surface area contributed by atoms with E-state index in [1.54, 1.807) is 0 Å². The first kappa shape index (κ1) is 15.1. The fourth-order valence-corrected chi connectivity index (χ4v) is 1.76. The van der Waals surface area contributed by atoms with Crippen molar-refractivity contribution >= 4 is 0 Å². The number of hydrogen-bond acceptors (Lipinski definition) is 5. The number of nitrogens with zero attached hydrogens (tertiary/aromatic N) is 2. The number of hydrogen-bond donors (Lipinski definition) is 1. The molecule has 0 saturated carbocycles. The Bertz CT molecular complexity index is 335. The second-order valence-electron chi connectivity index (χ2n) is 4.63. The molecule has 2 N–H and O–H groups in total. The SMILES string of the molecule is CCCC(OCC)c1noc([C@@H](N)[C@@H](C)CC)n1. The Morgan fingerprint density at radius 2 is 2.06 bits per heavy atom. The largest absolute Gasteiger partial charge is 0.370 e. The molecular formula is C13H25N3O2. The summed E-state index contributed by atoms with van der Waals surface area (Å²) in [5.74, 6) is 1.46. The molecule has 104 valence electrons. The molecule has 0 aliphatic heterocycles. The molecule has 1 rings (SSSR count). The van der Waals surface area contributed by atoms with Crippen molar-refractivity contribution in [2.75, 3.05) is 6.61 Å². The molecule has 0 bridgehead atoms. The van der Waals surface area contributed by atoms with Gasteiger partial charge in [-0.15, -0.1) is 0 Å². The van der Waals surface area contributed by atoms with Crippen LogP contribution in [0.15, 0.2) is 4.52 Å². The first-order valence-corrected chi connectivity index (χ1v) is 6.84. The molecule has 0 aliphatic carbocycles. The first-order valence-electron chi connectivity index (χ1n) is 6.84. The van der Waals surface area contributed by atoms with Gasteiger partial charge in [-0.25, -0.2) is 0 Å². The molecular weight excluding hydrogens is 230 g/mol.